The Morgan fingerprint density at radius 1 is 1.62 bits per heavy atom. The van der Waals surface area contributed by atoms with E-state index in [9.17, 15) is 9.59 Å². The molecule has 0 fully saturated rings. The van der Waals surface area contributed by atoms with Crippen LogP contribution in [0.2, 0.25) is 0 Å². The van der Waals surface area contributed by atoms with Gasteiger partial charge in [0.25, 0.3) is 0 Å². The van der Waals surface area contributed by atoms with Gasteiger partial charge in [-0.15, -0.1) is 0 Å². The van der Waals surface area contributed by atoms with Gasteiger partial charge in [0.2, 0.25) is 5.91 Å². The second-order valence-electron chi connectivity index (χ2n) is 3.87. The predicted molar refractivity (Wildman–Crippen MR) is 62.3 cm³/mol. The maximum Gasteiger partial charge on any atom is 0.221 e. The van der Waals surface area contributed by atoms with Gasteiger partial charge in [-0.2, -0.15) is 0 Å². The second kappa shape index (κ2) is 6.10. The first-order valence-electron chi connectivity index (χ1n) is 5.57. The van der Waals surface area contributed by atoms with E-state index in [2.05, 4.69) is 5.32 Å². The van der Waals surface area contributed by atoms with Crippen LogP contribution in [0.25, 0.3) is 0 Å². The van der Waals surface area contributed by atoms with Crippen molar-refractivity contribution in [2.45, 2.75) is 39.3 Å². The Hall–Kier alpha value is -1.58. The highest BCUT2D eigenvalue weighted by Crippen LogP contribution is 2.01. The lowest BCUT2D eigenvalue weighted by Gasteiger charge is -2.11. The number of carbonyl (C=O) groups excluding carboxylic acids is 2. The summed E-state index contributed by atoms with van der Waals surface area (Å²) >= 11 is 0. The minimum atomic E-state index is 0.0277. The Kier molecular flexibility index (Phi) is 4.76. The third-order valence-electron chi connectivity index (χ3n) is 2.58. The van der Waals surface area contributed by atoms with Crippen molar-refractivity contribution in [3.05, 3.63) is 24.0 Å². The highest BCUT2D eigenvalue weighted by atomic mass is 16.1. The van der Waals surface area contributed by atoms with Gasteiger partial charge < -0.3 is 9.88 Å². The number of hydrogen-bond donors (Lipinski definition) is 1. The first-order valence-corrected chi connectivity index (χ1v) is 5.57. The van der Waals surface area contributed by atoms with Crippen LogP contribution >= 0.6 is 0 Å². The average molecular weight is 222 g/mol. The normalized spacial score (nSPS) is 12.1. The molecule has 1 N–H and O–H groups in total. The number of aldehydes is 1. The molecule has 0 bridgehead atoms. The third kappa shape index (κ3) is 3.53. The SMILES string of the molecule is CCC(C)NC(=O)CCn1cccc1C=O. The first kappa shape index (κ1) is 12.5. The quantitative estimate of drug-likeness (QED) is 0.743. The van der Waals surface area contributed by atoms with Crippen molar-refractivity contribution in [2.24, 2.45) is 0 Å². The summed E-state index contributed by atoms with van der Waals surface area (Å²) in [6.07, 6.45) is 3.93. The largest absolute Gasteiger partial charge is 0.354 e. The van der Waals surface area contributed by atoms with E-state index in [1.54, 1.807) is 22.9 Å². The monoisotopic (exact) mass is 222 g/mol. The molecule has 0 saturated heterocycles. The van der Waals surface area contributed by atoms with E-state index in [0.29, 0.717) is 18.7 Å². The standard InChI is InChI=1S/C12H18N2O2/c1-3-10(2)13-12(16)6-8-14-7-4-5-11(14)9-15/h4-5,7,9-10H,3,6,8H2,1-2H3,(H,13,16). The van der Waals surface area contributed by atoms with E-state index in [4.69, 9.17) is 0 Å². The molecule has 16 heavy (non-hydrogen) atoms. The Morgan fingerprint density at radius 2 is 2.38 bits per heavy atom. The number of carbonyl (C=O) groups is 2. The number of nitrogens with zero attached hydrogens (tertiary/aromatic N) is 1. The molecular formula is C12H18N2O2. The van der Waals surface area contributed by atoms with E-state index in [1.165, 1.54) is 0 Å². The minimum Gasteiger partial charge on any atom is -0.354 e. The van der Waals surface area contributed by atoms with E-state index in [0.717, 1.165) is 12.7 Å². The predicted octanol–water partition coefficient (Wildman–Crippen LogP) is 1.61. The summed E-state index contributed by atoms with van der Waals surface area (Å²) in [5.41, 5.74) is 0.608. The Balaban J connectivity index is 2.40. The molecule has 1 amide bonds. The number of aromatic nitrogens is 1. The van der Waals surface area contributed by atoms with Crippen molar-refractivity contribution in [1.82, 2.24) is 9.88 Å². The lowest BCUT2D eigenvalue weighted by Crippen LogP contribution is -2.32. The summed E-state index contributed by atoms with van der Waals surface area (Å²) < 4.78 is 1.78. The Bertz CT molecular complexity index is 358. The van der Waals surface area contributed by atoms with Gasteiger partial charge in [-0.05, 0) is 25.5 Å². The molecule has 0 aliphatic carbocycles. The van der Waals surface area contributed by atoms with Crippen LogP contribution < -0.4 is 5.32 Å². The first-order chi connectivity index (χ1) is 7.67. The van der Waals surface area contributed by atoms with Gasteiger partial charge in [0.1, 0.15) is 0 Å². The summed E-state index contributed by atoms with van der Waals surface area (Å²) in [4.78, 5) is 22.1. The Morgan fingerprint density at radius 3 is 3.00 bits per heavy atom. The molecule has 0 aliphatic heterocycles. The molecule has 1 rings (SSSR count). The van der Waals surface area contributed by atoms with Gasteiger partial charge >= 0.3 is 0 Å². The van der Waals surface area contributed by atoms with E-state index in [-0.39, 0.29) is 11.9 Å². The van der Waals surface area contributed by atoms with Crippen LogP contribution in [0, 0.1) is 0 Å². The molecular weight excluding hydrogens is 204 g/mol. The summed E-state index contributed by atoms with van der Waals surface area (Å²) in [6.45, 7) is 4.55. The van der Waals surface area contributed by atoms with Gasteiger partial charge in [0, 0.05) is 25.2 Å². The zero-order valence-corrected chi connectivity index (χ0v) is 9.77. The van der Waals surface area contributed by atoms with Crippen LogP contribution in [0.4, 0.5) is 0 Å². The lowest BCUT2D eigenvalue weighted by molar-refractivity contribution is -0.121. The van der Waals surface area contributed by atoms with Crippen molar-refractivity contribution in [2.75, 3.05) is 0 Å². The lowest BCUT2D eigenvalue weighted by atomic mass is 10.2. The fourth-order valence-electron chi connectivity index (χ4n) is 1.41. The molecule has 1 atom stereocenters. The van der Waals surface area contributed by atoms with E-state index in [1.807, 2.05) is 13.8 Å². The van der Waals surface area contributed by atoms with Gasteiger partial charge in [0.05, 0.1) is 5.69 Å². The topological polar surface area (TPSA) is 51.1 Å². The molecule has 1 aromatic heterocycles. The maximum absolute atomic E-state index is 11.5. The molecule has 4 nitrogen and oxygen atoms in total. The fraction of sp³-hybridized carbons (Fsp3) is 0.500. The number of amides is 1. The van der Waals surface area contributed by atoms with Gasteiger partial charge in [-0.3, -0.25) is 9.59 Å². The molecule has 1 unspecified atom stereocenters. The maximum atomic E-state index is 11.5. The average Bonchev–Trinajstić information content (AvgIpc) is 2.73. The van der Waals surface area contributed by atoms with E-state index >= 15 is 0 Å². The van der Waals surface area contributed by atoms with Gasteiger partial charge in [-0.25, -0.2) is 0 Å². The zero-order valence-electron chi connectivity index (χ0n) is 9.77. The van der Waals surface area contributed by atoms with Crippen molar-refractivity contribution in [3.8, 4) is 0 Å². The molecule has 1 heterocycles. The highest BCUT2D eigenvalue weighted by Gasteiger charge is 2.06. The van der Waals surface area contributed by atoms with Crippen LogP contribution in [-0.2, 0) is 11.3 Å². The highest BCUT2D eigenvalue weighted by molar-refractivity contribution is 5.76. The molecule has 88 valence electrons. The van der Waals surface area contributed by atoms with Crippen molar-refractivity contribution in [1.29, 1.82) is 0 Å². The molecule has 0 saturated carbocycles. The molecule has 0 spiro atoms. The smallest absolute Gasteiger partial charge is 0.221 e. The second-order valence-corrected chi connectivity index (χ2v) is 3.87. The fourth-order valence-corrected chi connectivity index (χ4v) is 1.41. The molecule has 1 aromatic rings. The number of rotatable bonds is 6. The van der Waals surface area contributed by atoms with Crippen molar-refractivity contribution >= 4 is 12.2 Å². The van der Waals surface area contributed by atoms with Gasteiger partial charge in [0.15, 0.2) is 6.29 Å². The van der Waals surface area contributed by atoms with Crippen LogP contribution in [0.5, 0.6) is 0 Å². The summed E-state index contributed by atoms with van der Waals surface area (Å²) in [5.74, 6) is 0.0277. The van der Waals surface area contributed by atoms with Crippen molar-refractivity contribution < 1.29 is 9.59 Å². The molecule has 0 radical (unpaired) electrons. The number of aryl methyl sites for hydroxylation is 1. The minimum absolute atomic E-state index is 0.0277. The summed E-state index contributed by atoms with van der Waals surface area (Å²) in [5, 5.41) is 2.89. The Labute approximate surface area is 95.6 Å². The number of nitrogens with one attached hydrogen (secondary N) is 1. The van der Waals surface area contributed by atoms with Crippen LogP contribution in [0.3, 0.4) is 0 Å². The van der Waals surface area contributed by atoms with Gasteiger partial charge in [-0.1, -0.05) is 6.92 Å². The summed E-state index contributed by atoms with van der Waals surface area (Å²) in [7, 11) is 0. The third-order valence-corrected chi connectivity index (χ3v) is 2.58. The van der Waals surface area contributed by atoms with Crippen LogP contribution in [-0.4, -0.2) is 22.8 Å². The van der Waals surface area contributed by atoms with Crippen LogP contribution in [0.15, 0.2) is 18.3 Å². The summed E-state index contributed by atoms with van der Waals surface area (Å²) in [6, 6.07) is 3.75. The zero-order chi connectivity index (χ0) is 12.0. The van der Waals surface area contributed by atoms with E-state index < -0.39 is 0 Å². The van der Waals surface area contributed by atoms with Crippen molar-refractivity contribution in [3.63, 3.8) is 0 Å². The molecule has 0 aliphatic rings. The van der Waals surface area contributed by atoms with Crippen LogP contribution in [0.1, 0.15) is 37.2 Å². The number of hydrogen-bond acceptors (Lipinski definition) is 2. The molecule has 4 heteroatoms. The molecule has 0 aromatic carbocycles.